The topological polar surface area (TPSA) is 70.6 Å². The molecule has 6 heteroatoms. The van der Waals surface area contributed by atoms with E-state index in [0.717, 1.165) is 15.6 Å². The van der Waals surface area contributed by atoms with Gasteiger partial charge in [0.25, 0.3) is 11.8 Å². The number of rotatable bonds is 3. The van der Waals surface area contributed by atoms with Gasteiger partial charge in [0.15, 0.2) is 0 Å². The molecule has 3 aromatic carbocycles. The van der Waals surface area contributed by atoms with Gasteiger partial charge in [-0.2, -0.15) is 0 Å². The number of nitrogens with zero attached hydrogens (tertiary/aromatic N) is 1. The molecule has 2 N–H and O–H groups in total. The van der Waals surface area contributed by atoms with Gasteiger partial charge in [-0.1, -0.05) is 64.5 Å². The summed E-state index contributed by atoms with van der Waals surface area (Å²) in [5, 5.41) is 5.59. The second-order valence-corrected chi connectivity index (χ2v) is 7.18. The maximum atomic E-state index is 12.7. The summed E-state index contributed by atoms with van der Waals surface area (Å²) in [6.07, 6.45) is -1.04. The summed E-state index contributed by atoms with van der Waals surface area (Å²) >= 11 is 3.35. The van der Waals surface area contributed by atoms with E-state index in [1.54, 1.807) is 24.3 Å². The zero-order chi connectivity index (χ0) is 19.5. The first-order valence-corrected chi connectivity index (χ1v) is 9.51. The van der Waals surface area contributed by atoms with E-state index in [2.05, 4.69) is 31.6 Å². The third-order valence-electron chi connectivity index (χ3n) is 4.37. The van der Waals surface area contributed by atoms with Gasteiger partial charge in [0, 0.05) is 21.2 Å². The van der Waals surface area contributed by atoms with Crippen LogP contribution in [-0.4, -0.2) is 23.7 Å². The molecule has 1 atom stereocenters. The lowest BCUT2D eigenvalue weighted by atomic mass is 10.0. The summed E-state index contributed by atoms with van der Waals surface area (Å²) in [4.78, 5) is 30.0. The number of benzene rings is 3. The van der Waals surface area contributed by atoms with Gasteiger partial charge >= 0.3 is 0 Å². The second-order valence-electron chi connectivity index (χ2n) is 6.26. The van der Waals surface area contributed by atoms with Gasteiger partial charge in [-0.05, 0) is 30.3 Å². The molecule has 1 heterocycles. The first kappa shape index (κ1) is 18.1. The molecule has 0 fully saturated rings. The number of aliphatic imine (C=N–C) groups is 1. The molecule has 0 saturated heterocycles. The Kier molecular flexibility index (Phi) is 5.04. The van der Waals surface area contributed by atoms with Gasteiger partial charge < -0.3 is 10.6 Å². The van der Waals surface area contributed by atoms with Crippen molar-refractivity contribution in [3.05, 3.63) is 100 Å². The molecular formula is C22H16BrN3O2. The van der Waals surface area contributed by atoms with Crippen molar-refractivity contribution in [2.45, 2.75) is 6.17 Å². The van der Waals surface area contributed by atoms with E-state index in [-0.39, 0.29) is 11.8 Å². The van der Waals surface area contributed by atoms with Crippen molar-refractivity contribution >= 4 is 39.1 Å². The Morgan fingerprint density at radius 1 is 0.929 bits per heavy atom. The van der Waals surface area contributed by atoms with E-state index in [4.69, 9.17) is 0 Å². The van der Waals surface area contributed by atoms with Crippen LogP contribution >= 0.6 is 15.9 Å². The van der Waals surface area contributed by atoms with Crippen LogP contribution in [0.3, 0.4) is 0 Å². The van der Waals surface area contributed by atoms with Crippen LogP contribution in [0.2, 0.25) is 0 Å². The van der Waals surface area contributed by atoms with Crippen molar-refractivity contribution in [2.24, 2.45) is 4.99 Å². The molecule has 0 spiro atoms. The summed E-state index contributed by atoms with van der Waals surface area (Å²) < 4.78 is 0.871. The number of fused-ring (bicyclic) bond motifs is 1. The van der Waals surface area contributed by atoms with Crippen LogP contribution in [0.4, 0.5) is 5.69 Å². The lowest BCUT2D eigenvalue weighted by molar-refractivity contribution is -0.117. The number of carbonyl (C=O) groups excluding carboxylic acids is 2. The average Bonchev–Trinajstić information content (AvgIpc) is 2.86. The molecule has 5 nitrogen and oxygen atoms in total. The minimum atomic E-state index is -1.04. The third kappa shape index (κ3) is 3.73. The van der Waals surface area contributed by atoms with Gasteiger partial charge in [-0.3, -0.25) is 9.59 Å². The summed E-state index contributed by atoms with van der Waals surface area (Å²) in [5.74, 6) is -0.751. The Labute approximate surface area is 170 Å². The molecule has 0 aliphatic carbocycles. The highest BCUT2D eigenvalue weighted by Crippen LogP contribution is 2.23. The zero-order valence-corrected chi connectivity index (χ0v) is 16.3. The highest BCUT2D eigenvalue weighted by molar-refractivity contribution is 9.10. The number of hydrogen-bond acceptors (Lipinski definition) is 3. The summed E-state index contributed by atoms with van der Waals surface area (Å²) in [6.45, 7) is 0. The Hall–Kier alpha value is -3.25. The Bertz CT molecular complexity index is 1060. The molecule has 2 amide bonds. The lowest BCUT2D eigenvalue weighted by Crippen LogP contribution is -2.42. The van der Waals surface area contributed by atoms with Crippen molar-refractivity contribution in [1.29, 1.82) is 0 Å². The van der Waals surface area contributed by atoms with Crippen LogP contribution in [0.25, 0.3) is 0 Å². The highest BCUT2D eigenvalue weighted by Gasteiger charge is 2.27. The molecule has 1 aliphatic rings. The van der Waals surface area contributed by atoms with E-state index in [0.29, 0.717) is 17.0 Å². The molecule has 1 aliphatic heterocycles. The number of nitrogens with one attached hydrogen (secondary N) is 2. The van der Waals surface area contributed by atoms with E-state index in [1.165, 1.54) is 0 Å². The number of halogens is 1. The first-order valence-electron chi connectivity index (χ1n) is 8.72. The molecule has 0 aromatic heterocycles. The Balaban J connectivity index is 1.72. The molecule has 1 unspecified atom stereocenters. The molecule has 138 valence electrons. The minimum Gasteiger partial charge on any atom is -0.322 e. The van der Waals surface area contributed by atoms with Crippen LogP contribution in [0.15, 0.2) is 88.3 Å². The fourth-order valence-corrected chi connectivity index (χ4v) is 3.25. The van der Waals surface area contributed by atoms with Crippen molar-refractivity contribution in [2.75, 3.05) is 5.32 Å². The van der Waals surface area contributed by atoms with E-state index >= 15 is 0 Å². The Morgan fingerprint density at radius 3 is 2.36 bits per heavy atom. The van der Waals surface area contributed by atoms with Crippen LogP contribution in [0.5, 0.6) is 0 Å². The van der Waals surface area contributed by atoms with Crippen LogP contribution in [-0.2, 0) is 4.79 Å². The van der Waals surface area contributed by atoms with Gasteiger partial charge in [0.05, 0.1) is 11.4 Å². The predicted octanol–water partition coefficient (Wildman–Crippen LogP) is 3.99. The number of anilines is 1. The number of carbonyl (C=O) groups is 2. The van der Waals surface area contributed by atoms with Gasteiger partial charge in [-0.15, -0.1) is 0 Å². The smallest absolute Gasteiger partial charge is 0.269 e. The average molecular weight is 434 g/mol. The first-order chi connectivity index (χ1) is 13.6. The predicted molar refractivity (Wildman–Crippen MR) is 113 cm³/mol. The molecule has 28 heavy (non-hydrogen) atoms. The second kappa shape index (κ2) is 7.78. The largest absolute Gasteiger partial charge is 0.322 e. The maximum Gasteiger partial charge on any atom is 0.269 e. The van der Waals surface area contributed by atoms with Crippen molar-refractivity contribution in [1.82, 2.24) is 5.32 Å². The SMILES string of the molecule is O=C(NC1N=C(c2ccccc2)c2ccccc2NC1=O)c1ccc(Br)cc1. The van der Waals surface area contributed by atoms with Crippen molar-refractivity contribution in [3.63, 3.8) is 0 Å². The number of amides is 2. The summed E-state index contributed by atoms with van der Waals surface area (Å²) in [7, 11) is 0. The Morgan fingerprint density at radius 2 is 1.61 bits per heavy atom. The summed E-state index contributed by atoms with van der Waals surface area (Å²) in [6, 6.07) is 24.0. The fourth-order valence-electron chi connectivity index (χ4n) is 2.99. The highest BCUT2D eigenvalue weighted by atomic mass is 79.9. The minimum absolute atomic E-state index is 0.366. The maximum absolute atomic E-state index is 12.7. The monoisotopic (exact) mass is 433 g/mol. The number of benzodiazepines with no additional fused rings is 1. The van der Waals surface area contributed by atoms with E-state index < -0.39 is 6.17 Å². The molecule has 0 saturated carbocycles. The fraction of sp³-hybridized carbons (Fsp3) is 0.0455. The third-order valence-corrected chi connectivity index (χ3v) is 4.90. The van der Waals surface area contributed by atoms with Crippen LogP contribution < -0.4 is 10.6 Å². The van der Waals surface area contributed by atoms with Gasteiger partial charge in [0.2, 0.25) is 6.17 Å². The van der Waals surface area contributed by atoms with E-state index in [9.17, 15) is 9.59 Å². The van der Waals surface area contributed by atoms with Gasteiger partial charge in [-0.25, -0.2) is 4.99 Å². The molecule has 0 radical (unpaired) electrons. The standard InChI is InChI=1S/C22H16BrN3O2/c23-16-12-10-15(11-13-16)21(27)26-20-22(28)24-18-9-5-4-8-17(18)19(25-20)14-6-2-1-3-7-14/h1-13,20H,(H,24,28)(H,26,27). The van der Waals surface area contributed by atoms with Gasteiger partial charge in [0.1, 0.15) is 0 Å². The molecule has 0 bridgehead atoms. The molecular weight excluding hydrogens is 418 g/mol. The quantitative estimate of drug-likeness (QED) is 0.655. The lowest BCUT2D eigenvalue weighted by Gasteiger charge is -2.13. The van der Waals surface area contributed by atoms with Crippen LogP contribution in [0.1, 0.15) is 21.5 Å². The van der Waals surface area contributed by atoms with E-state index in [1.807, 2.05) is 54.6 Å². The van der Waals surface area contributed by atoms with Crippen LogP contribution in [0, 0.1) is 0 Å². The summed E-state index contributed by atoms with van der Waals surface area (Å²) in [5.41, 5.74) is 3.44. The van der Waals surface area contributed by atoms with Crippen molar-refractivity contribution in [3.8, 4) is 0 Å². The molecule has 3 aromatic rings. The normalized spacial score (nSPS) is 15.7. The van der Waals surface area contributed by atoms with Crippen molar-refractivity contribution < 1.29 is 9.59 Å². The zero-order valence-electron chi connectivity index (χ0n) is 14.7. The number of para-hydroxylation sites is 1. The number of hydrogen-bond donors (Lipinski definition) is 2. The molecule has 4 rings (SSSR count).